The van der Waals surface area contributed by atoms with Gasteiger partial charge < -0.3 is 10.2 Å². The maximum absolute atomic E-state index is 5.80. The van der Waals surface area contributed by atoms with Gasteiger partial charge in [-0.1, -0.05) is 24.6 Å². The molecule has 1 unspecified atom stereocenters. The summed E-state index contributed by atoms with van der Waals surface area (Å²) in [6.07, 6.45) is 1.17. The van der Waals surface area contributed by atoms with E-state index in [1.807, 2.05) is 12.1 Å². The number of rotatable bonds is 6. The summed E-state index contributed by atoms with van der Waals surface area (Å²) < 4.78 is 0. The zero-order valence-corrected chi connectivity index (χ0v) is 11.0. The van der Waals surface area contributed by atoms with Gasteiger partial charge in [-0.05, 0) is 32.5 Å². The molecule has 0 aliphatic rings. The molecule has 1 N–H and O–H groups in total. The van der Waals surface area contributed by atoms with Crippen molar-refractivity contribution in [1.29, 1.82) is 0 Å². The van der Waals surface area contributed by atoms with Crippen molar-refractivity contribution in [2.24, 2.45) is 0 Å². The largest absolute Gasteiger partial charge is 0.369 e. The molecule has 0 spiro atoms. The van der Waals surface area contributed by atoms with Crippen LogP contribution in [-0.4, -0.2) is 36.1 Å². The third-order valence-electron chi connectivity index (χ3n) is 2.83. The van der Waals surface area contributed by atoms with Gasteiger partial charge in [0.25, 0.3) is 0 Å². The van der Waals surface area contributed by atoms with Crippen molar-refractivity contribution in [3.63, 3.8) is 0 Å². The van der Waals surface area contributed by atoms with Gasteiger partial charge in [0.1, 0.15) is 11.0 Å². The predicted octanol–water partition coefficient (Wildman–Crippen LogP) is 2.88. The standard InChI is InChI=1S/C12H20ClN3/c1-4-10(2)16(3)9-8-14-12-7-5-6-11(13)15-12/h5-7,10H,4,8-9H2,1-3H3,(H,14,15). The summed E-state index contributed by atoms with van der Waals surface area (Å²) in [4.78, 5) is 6.50. The van der Waals surface area contributed by atoms with E-state index < -0.39 is 0 Å². The number of nitrogens with one attached hydrogen (secondary N) is 1. The van der Waals surface area contributed by atoms with Crippen LogP contribution in [-0.2, 0) is 0 Å². The number of nitrogens with zero attached hydrogens (tertiary/aromatic N) is 2. The van der Waals surface area contributed by atoms with Gasteiger partial charge >= 0.3 is 0 Å². The Morgan fingerprint density at radius 2 is 2.25 bits per heavy atom. The van der Waals surface area contributed by atoms with Crippen molar-refractivity contribution in [1.82, 2.24) is 9.88 Å². The van der Waals surface area contributed by atoms with Gasteiger partial charge in [0.2, 0.25) is 0 Å². The van der Waals surface area contributed by atoms with Crippen LogP contribution >= 0.6 is 11.6 Å². The summed E-state index contributed by atoms with van der Waals surface area (Å²) in [7, 11) is 2.14. The van der Waals surface area contributed by atoms with Crippen LogP contribution in [0.5, 0.6) is 0 Å². The van der Waals surface area contributed by atoms with Crippen molar-refractivity contribution in [3.05, 3.63) is 23.4 Å². The van der Waals surface area contributed by atoms with E-state index in [0.29, 0.717) is 11.2 Å². The summed E-state index contributed by atoms with van der Waals surface area (Å²) in [5, 5.41) is 3.79. The molecule has 0 aliphatic heterocycles. The summed E-state index contributed by atoms with van der Waals surface area (Å²) in [6.45, 7) is 6.32. The highest BCUT2D eigenvalue weighted by Gasteiger charge is 2.05. The first-order valence-electron chi connectivity index (χ1n) is 5.70. The monoisotopic (exact) mass is 241 g/mol. The number of hydrogen-bond acceptors (Lipinski definition) is 3. The van der Waals surface area contributed by atoms with Crippen LogP contribution in [0.2, 0.25) is 5.15 Å². The Morgan fingerprint density at radius 3 is 2.88 bits per heavy atom. The van der Waals surface area contributed by atoms with Gasteiger partial charge in [-0.2, -0.15) is 0 Å². The van der Waals surface area contributed by atoms with Crippen molar-refractivity contribution >= 4 is 17.4 Å². The Balaban J connectivity index is 2.30. The number of likely N-dealkylation sites (N-methyl/N-ethyl adjacent to an activating group) is 1. The van der Waals surface area contributed by atoms with E-state index in [1.54, 1.807) is 6.07 Å². The van der Waals surface area contributed by atoms with Crippen LogP contribution in [0, 0.1) is 0 Å². The zero-order chi connectivity index (χ0) is 12.0. The second-order valence-corrected chi connectivity index (χ2v) is 4.40. The fraction of sp³-hybridized carbons (Fsp3) is 0.583. The molecule has 0 fully saturated rings. The number of anilines is 1. The molecular weight excluding hydrogens is 222 g/mol. The van der Waals surface area contributed by atoms with Crippen molar-refractivity contribution in [3.8, 4) is 0 Å². The van der Waals surface area contributed by atoms with Crippen LogP contribution in [0.3, 0.4) is 0 Å². The molecule has 4 heteroatoms. The van der Waals surface area contributed by atoms with Gasteiger partial charge in [-0.15, -0.1) is 0 Å². The smallest absolute Gasteiger partial charge is 0.131 e. The highest BCUT2D eigenvalue weighted by Crippen LogP contribution is 2.08. The molecule has 1 atom stereocenters. The van der Waals surface area contributed by atoms with E-state index in [4.69, 9.17) is 11.6 Å². The van der Waals surface area contributed by atoms with Crippen molar-refractivity contribution in [2.75, 3.05) is 25.5 Å². The first-order valence-corrected chi connectivity index (χ1v) is 6.08. The Labute approximate surface area is 103 Å². The lowest BCUT2D eigenvalue weighted by Gasteiger charge is -2.23. The number of hydrogen-bond donors (Lipinski definition) is 1. The zero-order valence-electron chi connectivity index (χ0n) is 10.2. The lowest BCUT2D eigenvalue weighted by atomic mass is 10.2. The van der Waals surface area contributed by atoms with E-state index in [9.17, 15) is 0 Å². The Bertz CT molecular complexity index is 317. The van der Waals surface area contributed by atoms with Gasteiger partial charge in [-0.3, -0.25) is 0 Å². The van der Waals surface area contributed by atoms with Crippen LogP contribution in [0.4, 0.5) is 5.82 Å². The Hall–Kier alpha value is -0.800. The van der Waals surface area contributed by atoms with E-state index in [2.05, 4.69) is 36.1 Å². The number of halogens is 1. The molecule has 0 aromatic carbocycles. The maximum Gasteiger partial charge on any atom is 0.131 e. The third kappa shape index (κ3) is 4.37. The molecule has 0 bridgehead atoms. The quantitative estimate of drug-likeness (QED) is 0.777. The van der Waals surface area contributed by atoms with Gasteiger partial charge in [0.05, 0.1) is 0 Å². The first kappa shape index (κ1) is 13.3. The molecule has 1 aromatic rings. The molecule has 0 radical (unpaired) electrons. The highest BCUT2D eigenvalue weighted by molar-refractivity contribution is 6.29. The summed E-state index contributed by atoms with van der Waals surface area (Å²) in [6, 6.07) is 6.22. The van der Waals surface area contributed by atoms with Gasteiger partial charge in [0, 0.05) is 19.1 Å². The van der Waals surface area contributed by atoms with E-state index >= 15 is 0 Å². The molecule has 0 amide bonds. The normalized spacial score (nSPS) is 12.8. The van der Waals surface area contributed by atoms with Crippen LogP contribution in [0.15, 0.2) is 18.2 Å². The van der Waals surface area contributed by atoms with Crippen LogP contribution < -0.4 is 5.32 Å². The minimum atomic E-state index is 0.528. The molecule has 0 saturated heterocycles. The van der Waals surface area contributed by atoms with Gasteiger partial charge in [0.15, 0.2) is 0 Å². The maximum atomic E-state index is 5.80. The van der Waals surface area contributed by atoms with E-state index in [1.165, 1.54) is 6.42 Å². The Kier molecular flexibility index (Phi) is 5.56. The van der Waals surface area contributed by atoms with Gasteiger partial charge in [-0.25, -0.2) is 4.98 Å². The van der Waals surface area contributed by atoms with Crippen LogP contribution in [0.1, 0.15) is 20.3 Å². The second-order valence-electron chi connectivity index (χ2n) is 4.01. The molecule has 1 rings (SSSR count). The van der Waals surface area contributed by atoms with Crippen LogP contribution in [0.25, 0.3) is 0 Å². The number of pyridine rings is 1. The average molecular weight is 242 g/mol. The lowest BCUT2D eigenvalue weighted by molar-refractivity contribution is 0.261. The summed E-state index contributed by atoms with van der Waals surface area (Å²) in [5.41, 5.74) is 0. The topological polar surface area (TPSA) is 28.2 Å². The van der Waals surface area contributed by atoms with Crippen molar-refractivity contribution in [2.45, 2.75) is 26.3 Å². The molecule has 0 aliphatic carbocycles. The lowest BCUT2D eigenvalue weighted by Crippen LogP contribution is -2.32. The fourth-order valence-electron chi connectivity index (χ4n) is 1.40. The predicted molar refractivity (Wildman–Crippen MR) is 70.1 cm³/mol. The van der Waals surface area contributed by atoms with E-state index in [0.717, 1.165) is 18.9 Å². The molecule has 16 heavy (non-hydrogen) atoms. The molecule has 1 aromatic heterocycles. The minimum absolute atomic E-state index is 0.528. The van der Waals surface area contributed by atoms with E-state index in [-0.39, 0.29) is 0 Å². The number of aromatic nitrogens is 1. The molecule has 0 saturated carbocycles. The SMILES string of the molecule is CCC(C)N(C)CCNc1cccc(Cl)n1. The average Bonchev–Trinajstić information content (AvgIpc) is 2.28. The highest BCUT2D eigenvalue weighted by atomic mass is 35.5. The summed E-state index contributed by atoms with van der Waals surface area (Å²) >= 11 is 5.80. The Morgan fingerprint density at radius 1 is 1.50 bits per heavy atom. The molecular formula is C12H20ClN3. The first-order chi connectivity index (χ1) is 7.63. The minimum Gasteiger partial charge on any atom is -0.369 e. The van der Waals surface area contributed by atoms with Crippen molar-refractivity contribution < 1.29 is 0 Å². The fourth-order valence-corrected chi connectivity index (χ4v) is 1.56. The molecule has 90 valence electrons. The molecule has 3 nitrogen and oxygen atoms in total. The second kappa shape index (κ2) is 6.71. The molecule has 1 heterocycles. The third-order valence-corrected chi connectivity index (χ3v) is 3.04. The summed E-state index contributed by atoms with van der Waals surface area (Å²) in [5.74, 6) is 0.838.